The fraction of sp³-hybridized carbons (Fsp3) is 0.350. The van der Waals surface area contributed by atoms with Crippen molar-refractivity contribution in [2.75, 3.05) is 20.3 Å². The summed E-state index contributed by atoms with van der Waals surface area (Å²) in [7, 11) is -2.08. The molecule has 146 valence electrons. The molecule has 6 nitrogen and oxygen atoms in total. The maximum absolute atomic E-state index is 13.0. The lowest BCUT2D eigenvalue weighted by atomic mass is 10.1. The average Bonchev–Trinajstić information content (AvgIpc) is 2.64. The topological polar surface area (TPSA) is 75.7 Å². The Bertz CT molecular complexity index is 851. The third-order valence-electron chi connectivity index (χ3n) is 3.85. The van der Waals surface area contributed by atoms with Gasteiger partial charge in [-0.2, -0.15) is 0 Å². The van der Waals surface area contributed by atoms with E-state index in [1.807, 2.05) is 30.3 Å². The van der Waals surface area contributed by atoms with E-state index in [0.717, 1.165) is 5.56 Å². The number of methoxy groups -OCH3 is 1. The highest BCUT2D eigenvalue weighted by Gasteiger charge is 2.20. The van der Waals surface area contributed by atoms with E-state index in [-0.39, 0.29) is 16.8 Å². The molecule has 0 bridgehead atoms. The van der Waals surface area contributed by atoms with Crippen molar-refractivity contribution in [3.05, 3.63) is 65.7 Å². The summed E-state index contributed by atoms with van der Waals surface area (Å²) in [6, 6.07) is 15.5. The summed E-state index contributed by atoms with van der Waals surface area (Å²) in [6.45, 7) is 4.72. The van der Waals surface area contributed by atoms with Gasteiger partial charge in [0.25, 0.3) is 5.91 Å². The van der Waals surface area contributed by atoms with Gasteiger partial charge in [-0.3, -0.25) is 4.79 Å². The number of amides is 1. The van der Waals surface area contributed by atoms with Crippen molar-refractivity contribution in [3.63, 3.8) is 0 Å². The molecular formula is C20H26N2O4S. The van der Waals surface area contributed by atoms with E-state index in [0.29, 0.717) is 25.3 Å². The Balaban J connectivity index is 2.27. The molecule has 2 aromatic rings. The molecule has 0 aliphatic rings. The summed E-state index contributed by atoms with van der Waals surface area (Å²) in [5.41, 5.74) is 1.32. The second-order valence-electron chi connectivity index (χ2n) is 6.51. The highest BCUT2D eigenvalue weighted by atomic mass is 32.2. The van der Waals surface area contributed by atoms with Crippen LogP contribution in [0.15, 0.2) is 59.5 Å². The minimum atomic E-state index is -3.66. The molecule has 2 rings (SSSR count). The minimum Gasteiger partial charge on any atom is -0.383 e. The molecule has 0 unspecified atom stereocenters. The number of ether oxygens (including phenoxy) is 1. The van der Waals surface area contributed by atoms with Crippen LogP contribution in [0.1, 0.15) is 29.8 Å². The van der Waals surface area contributed by atoms with Crippen LogP contribution < -0.4 is 4.72 Å². The Morgan fingerprint density at radius 1 is 1.11 bits per heavy atom. The summed E-state index contributed by atoms with van der Waals surface area (Å²) in [5, 5.41) is 0. The zero-order chi connectivity index (χ0) is 19.9. The lowest BCUT2D eigenvalue weighted by Crippen LogP contribution is -2.34. The van der Waals surface area contributed by atoms with Gasteiger partial charge in [0, 0.05) is 31.8 Å². The van der Waals surface area contributed by atoms with E-state index in [1.54, 1.807) is 38.0 Å². The monoisotopic (exact) mass is 390 g/mol. The quantitative estimate of drug-likeness (QED) is 0.714. The second-order valence-corrected chi connectivity index (χ2v) is 8.22. The Kier molecular flexibility index (Phi) is 7.53. The molecule has 27 heavy (non-hydrogen) atoms. The standard InChI is InChI=1S/C20H26N2O4S/c1-16(2)21-27(24,25)19-11-7-10-18(14-19)20(23)22(12-13-26-3)15-17-8-5-4-6-9-17/h4-11,14,16,21H,12-13,15H2,1-3H3. The van der Waals surface area contributed by atoms with Gasteiger partial charge in [0.05, 0.1) is 11.5 Å². The van der Waals surface area contributed by atoms with Gasteiger partial charge in [-0.25, -0.2) is 13.1 Å². The van der Waals surface area contributed by atoms with Crippen molar-refractivity contribution in [3.8, 4) is 0 Å². The zero-order valence-corrected chi connectivity index (χ0v) is 16.7. The highest BCUT2D eigenvalue weighted by molar-refractivity contribution is 7.89. The van der Waals surface area contributed by atoms with Crippen LogP contribution >= 0.6 is 0 Å². The normalized spacial score (nSPS) is 11.6. The highest BCUT2D eigenvalue weighted by Crippen LogP contribution is 2.15. The maximum atomic E-state index is 13.0. The summed E-state index contributed by atoms with van der Waals surface area (Å²) >= 11 is 0. The predicted octanol–water partition coefficient (Wildman–Crippen LogP) is 2.66. The second kappa shape index (κ2) is 9.64. The molecule has 0 saturated heterocycles. The van der Waals surface area contributed by atoms with Crippen LogP contribution in [0.2, 0.25) is 0 Å². The largest absolute Gasteiger partial charge is 0.383 e. The molecule has 0 aliphatic heterocycles. The molecule has 0 aromatic heterocycles. The molecule has 0 atom stereocenters. The predicted molar refractivity (Wildman–Crippen MR) is 105 cm³/mol. The average molecular weight is 391 g/mol. The van der Waals surface area contributed by atoms with Crippen molar-refractivity contribution in [2.24, 2.45) is 0 Å². The van der Waals surface area contributed by atoms with Crippen LogP contribution in [0.3, 0.4) is 0 Å². The van der Waals surface area contributed by atoms with E-state index in [4.69, 9.17) is 4.74 Å². The molecule has 2 aromatic carbocycles. The van der Waals surface area contributed by atoms with Gasteiger partial charge in [-0.1, -0.05) is 36.4 Å². The van der Waals surface area contributed by atoms with E-state index in [1.165, 1.54) is 12.1 Å². The molecule has 0 heterocycles. The summed E-state index contributed by atoms with van der Waals surface area (Å²) in [5.74, 6) is -0.238. The van der Waals surface area contributed by atoms with Gasteiger partial charge in [-0.15, -0.1) is 0 Å². The van der Waals surface area contributed by atoms with Gasteiger partial charge in [-0.05, 0) is 37.6 Å². The first-order chi connectivity index (χ1) is 12.8. The van der Waals surface area contributed by atoms with Crippen LogP contribution in [0.5, 0.6) is 0 Å². The Morgan fingerprint density at radius 2 is 1.81 bits per heavy atom. The first kappa shape index (κ1) is 21.1. The molecule has 0 saturated carbocycles. The summed E-state index contributed by atoms with van der Waals surface area (Å²) in [6.07, 6.45) is 0. The van der Waals surface area contributed by atoms with Crippen molar-refractivity contribution in [1.82, 2.24) is 9.62 Å². The number of carbonyl (C=O) groups excluding carboxylic acids is 1. The van der Waals surface area contributed by atoms with E-state index < -0.39 is 10.0 Å². The number of rotatable bonds is 9. The number of nitrogens with zero attached hydrogens (tertiary/aromatic N) is 1. The number of carbonyl (C=O) groups is 1. The first-order valence-electron chi connectivity index (χ1n) is 8.78. The van der Waals surface area contributed by atoms with Crippen molar-refractivity contribution in [2.45, 2.75) is 31.3 Å². The Hall–Kier alpha value is -2.22. The van der Waals surface area contributed by atoms with Gasteiger partial charge < -0.3 is 9.64 Å². The van der Waals surface area contributed by atoms with Crippen LogP contribution in [-0.2, 0) is 21.3 Å². The van der Waals surface area contributed by atoms with Crippen molar-refractivity contribution in [1.29, 1.82) is 0 Å². The summed E-state index contributed by atoms with van der Waals surface area (Å²) < 4.78 is 32.4. The first-order valence-corrected chi connectivity index (χ1v) is 10.3. The van der Waals surface area contributed by atoms with Crippen molar-refractivity contribution < 1.29 is 17.9 Å². The van der Waals surface area contributed by atoms with Crippen LogP contribution in [0.25, 0.3) is 0 Å². The smallest absolute Gasteiger partial charge is 0.254 e. The molecule has 0 radical (unpaired) electrons. The third kappa shape index (κ3) is 6.16. The van der Waals surface area contributed by atoms with E-state index in [9.17, 15) is 13.2 Å². The van der Waals surface area contributed by atoms with Crippen LogP contribution in [0, 0.1) is 0 Å². The minimum absolute atomic E-state index is 0.0773. The van der Waals surface area contributed by atoms with Crippen LogP contribution in [-0.4, -0.2) is 45.5 Å². The number of sulfonamides is 1. The molecule has 1 N–H and O–H groups in total. The Morgan fingerprint density at radius 3 is 2.44 bits per heavy atom. The lowest BCUT2D eigenvalue weighted by molar-refractivity contribution is 0.0680. The molecular weight excluding hydrogens is 364 g/mol. The Labute approximate surface area is 161 Å². The number of nitrogens with one attached hydrogen (secondary N) is 1. The van der Waals surface area contributed by atoms with Crippen LogP contribution in [0.4, 0.5) is 0 Å². The number of benzene rings is 2. The van der Waals surface area contributed by atoms with Gasteiger partial charge >= 0.3 is 0 Å². The van der Waals surface area contributed by atoms with E-state index >= 15 is 0 Å². The fourth-order valence-corrected chi connectivity index (χ4v) is 3.91. The maximum Gasteiger partial charge on any atom is 0.254 e. The molecule has 0 fully saturated rings. The van der Waals surface area contributed by atoms with Gasteiger partial charge in [0.15, 0.2) is 0 Å². The van der Waals surface area contributed by atoms with Gasteiger partial charge in [0.1, 0.15) is 0 Å². The lowest BCUT2D eigenvalue weighted by Gasteiger charge is -2.23. The number of hydrogen-bond acceptors (Lipinski definition) is 4. The zero-order valence-electron chi connectivity index (χ0n) is 15.9. The van der Waals surface area contributed by atoms with E-state index in [2.05, 4.69) is 4.72 Å². The number of hydrogen-bond donors (Lipinski definition) is 1. The molecule has 0 aliphatic carbocycles. The molecule has 1 amide bonds. The SMILES string of the molecule is COCCN(Cc1ccccc1)C(=O)c1cccc(S(=O)(=O)NC(C)C)c1. The van der Waals surface area contributed by atoms with Crippen molar-refractivity contribution >= 4 is 15.9 Å². The third-order valence-corrected chi connectivity index (χ3v) is 5.51. The molecule has 0 spiro atoms. The summed E-state index contributed by atoms with van der Waals surface area (Å²) in [4.78, 5) is 14.7. The van der Waals surface area contributed by atoms with Gasteiger partial charge in [0.2, 0.25) is 10.0 Å². The molecule has 7 heteroatoms. The fourth-order valence-electron chi connectivity index (χ4n) is 2.61.